The molecule has 0 aromatic heterocycles. The van der Waals surface area contributed by atoms with Gasteiger partial charge in [-0.1, -0.05) is 13.3 Å². The van der Waals surface area contributed by atoms with E-state index in [1.807, 2.05) is 0 Å². The summed E-state index contributed by atoms with van der Waals surface area (Å²) in [6, 6.07) is 0. The van der Waals surface area contributed by atoms with Crippen LogP contribution in [-0.2, 0) is 10.8 Å². The molecule has 1 saturated heterocycles. The van der Waals surface area contributed by atoms with E-state index in [1.54, 1.807) is 6.26 Å². The number of rotatable bonds is 3. The third kappa shape index (κ3) is 4.06. The van der Waals surface area contributed by atoms with Crippen molar-refractivity contribution in [3.05, 3.63) is 0 Å². The molecule has 0 radical (unpaired) electrons. The number of halogens is 1. The van der Waals surface area contributed by atoms with Crippen LogP contribution in [0.1, 0.15) is 39.0 Å². The maximum Gasteiger partial charge on any atom is 0.191 e. The molecule has 2 N–H and O–H groups in total. The molecule has 2 rings (SSSR count). The Hall–Kier alpha value is 0.150. The Labute approximate surface area is 136 Å². The van der Waals surface area contributed by atoms with Crippen molar-refractivity contribution in [3.8, 4) is 0 Å². The topological polar surface area (TPSA) is 58.7 Å². The Kier molecular flexibility index (Phi) is 6.56. The molecule has 4 nitrogen and oxygen atoms in total. The maximum atomic E-state index is 11.8. The van der Waals surface area contributed by atoms with Gasteiger partial charge in [0, 0.05) is 30.1 Å². The summed E-state index contributed by atoms with van der Waals surface area (Å²) in [5.41, 5.74) is 6.06. The molecule has 1 atom stereocenters. The van der Waals surface area contributed by atoms with Gasteiger partial charge >= 0.3 is 0 Å². The molecule has 6 heteroatoms. The van der Waals surface area contributed by atoms with E-state index in [1.165, 1.54) is 19.3 Å². The molecular weight excluding hydrogens is 373 g/mol. The van der Waals surface area contributed by atoms with E-state index in [0.29, 0.717) is 12.5 Å². The Balaban J connectivity index is 0.00000180. The minimum Gasteiger partial charge on any atom is -0.370 e. The van der Waals surface area contributed by atoms with Crippen LogP contribution in [0.15, 0.2) is 4.99 Å². The quantitative estimate of drug-likeness (QED) is 0.449. The van der Waals surface area contributed by atoms with Crippen molar-refractivity contribution in [3.63, 3.8) is 0 Å². The van der Waals surface area contributed by atoms with E-state index in [0.717, 1.165) is 31.8 Å². The summed E-state index contributed by atoms with van der Waals surface area (Å²) in [6.45, 7) is 4.94. The summed E-state index contributed by atoms with van der Waals surface area (Å²) in [5, 5.41) is 0. The number of hydrogen-bond acceptors (Lipinski definition) is 2. The van der Waals surface area contributed by atoms with Crippen LogP contribution in [0.2, 0.25) is 0 Å². The lowest BCUT2D eigenvalue weighted by atomic mass is 9.84. The van der Waals surface area contributed by atoms with E-state index >= 15 is 0 Å². The number of piperidine rings is 1. The van der Waals surface area contributed by atoms with Gasteiger partial charge in [-0.05, 0) is 31.6 Å². The first-order chi connectivity index (χ1) is 8.53. The van der Waals surface area contributed by atoms with Crippen LogP contribution in [0.25, 0.3) is 0 Å². The summed E-state index contributed by atoms with van der Waals surface area (Å²) in [4.78, 5) is 6.69. The highest BCUT2D eigenvalue weighted by Crippen LogP contribution is 2.37. The normalized spacial score (nSPS) is 25.4. The highest BCUT2D eigenvalue weighted by Gasteiger charge is 2.40. The third-order valence-electron chi connectivity index (χ3n) is 4.51. The zero-order valence-corrected chi connectivity index (χ0v) is 15.1. The second kappa shape index (κ2) is 7.24. The molecule has 1 heterocycles. The Morgan fingerprint density at radius 1 is 1.42 bits per heavy atom. The maximum absolute atomic E-state index is 11.8. The van der Waals surface area contributed by atoms with Crippen LogP contribution in [0.4, 0.5) is 0 Å². The van der Waals surface area contributed by atoms with Crippen LogP contribution in [0.3, 0.4) is 0 Å². The fraction of sp³-hybridized carbons (Fsp3) is 0.923. The Morgan fingerprint density at radius 2 is 2.00 bits per heavy atom. The number of hydrogen-bond donors (Lipinski definition) is 1. The monoisotopic (exact) mass is 399 g/mol. The SMILES string of the molecule is CC1CCN(C(N)=NCC2(S(C)=O)CCC2)CC1.I. The van der Waals surface area contributed by atoms with Crippen LogP contribution in [0.5, 0.6) is 0 Å². The molecule has 0 aromatic rings. The second-order valence-corrected chi connectivity index (χ2v) is 7.61. The third-order valence-corrected chi connectivity index (χ3v) is 6.27. The molecule has 19 heavy (non-hydrogen) atoms. The molecule has 2 fully saturated rings. The molecule has 112 valence electrons. The van der Waals surface area contributed by atoms with Gasteiger partial charge in [-0.25, -0.2) is 0 Å². The number of guanidine groups is 1. The summed E-state index contributed by atoms with van der Waals surface area (Å²) in [5.74, 6) is 1.45. The van der Waals surface area contributed by atoms with E-state index in [-0.39, 0.29) is 28.7 Å². The molecule has 1 aliphatic heterocycles. The predicted octanol–water partition coefficient (Wildman–Crippen LogP) is 1.95. The Bertz CT molecular complexity index is 350. The molecule has 1 unspecified atom stereocenters. The van der Waals surface area contributed by atoms with Crippen molar-refractivity contribution in [1.82, 2.24) is 4.90 Å². The average Bonchev–Trinajstić information content (AvgIpc) is 2.27. The fourth-order valence-electron chi connectivity index (χ4n) is 2.67. The van der Waals surface area contributed by atoms with Gasteiger partial charge in [0.15, 0.2) is 5.96 Å². The van der Waals surface area contributed by atoms with Crippen molar-refractivity contribution in [2.75, 3.05) is 25.9 Å². The molecule has 1 aliphatic carbocycles. The summed E-state index contributed by atoms with van der Waals surface area (Å²) >= 11 is 0. The minimum absolute atomic E-state index is 0. The lowest BCUT2D eigenvalue weighted by molar-refractivity contribution is 0.276. The number of nitrogens with two attached hydrogens (primary N) is 1. The molecule has 1 saturated carbocycles. The number of likely N-dealkylation sites (tertiary alicyclic amines) is 1. The largest absolute Gasteiger partial charge is 0.370 e. The fourth-order valence-corrected chi connectivity index (χ4v) is 3.78. The molecule has 0 aromatic carbocycles. The van der Waals surface area contributed by atoms with Gasteiger partial charge in [0.1, 0.15) is 0 Å². The first kappa shape index (κ1) is 17.2. The van der Waals surface area contributed by atoms with Gasteiger partial charge in [-0.15, -0.1) is 24.0 Å². The van der Waals surface area contributed by atoms with Crippen molar-refractivity contribution in [2.24, 2.45) is 16.6 Å². The van der Waals surface area contributed by atoms with E-state index in [2.05, 4.69) is 16.8 Å². The lowest BCUT2D eigenvalue weighted by Crippen LogP contribution is -2.47. The smallest absolute Gasteiger partial charge is 0.191 e. The van der Waals surface area contributed by atoms with E-state index < -0.39 is 10.8 Å². The molecular formula is C13H26IN3OS. The summed E-state index contributed by atoms with van der Waals surface area (Å²) in [6.07, 6.45) is 7.43. The second-order valence-electron chi connectivity index (χ2n) is 5.83. The summed E-state index contributed by atoms with van der Waals surface area (Å²) < 4.78 is 11.7. The molecule has 0 amide bonds. The van der Waals surface area contributed by atoms with E-state index in [4.69, 9.17) is 5.73 Å². The zero-order valence-electron chi connectivity index (χ0n) is 11.9. The van der Waals surface area contributed by atoms with Crippen LogP contribution < -0.4 is 5.73 Å². The van der Waals surface area contributed by atoms with Crippen LogP contribution >= 0.6 is 24.0 Å². The molecule has 0 bridgehead atoms. The highest BCUT2D eigenvalue weighted by molar-refractivity contribution is 14.0. The molecule has 2 aliphatic rings. The predicted molar refractivity (Wildman–Crippen MR) is 92.5 cm³/mol. The standard InChI is InChI=1S/C13H25N3OS.HI/c1-11-4-8-16(9-5-11)12(14)15-10-13(18(2)17)6-3-7-13;/h11H,3-10H2,1-2H3,(H2,14,15);1H. The van der Waals surface area contributed by atoms with Crippen molar-refractivity contribution in [2.45, 2.75) is 43.8 Å². The van der Waals surface area contributed by atoms with Crippen molar-refractivity contribution in [1.29, 1.82) is 0 Å². The molecule has 0 spiro atoms. The Morgan fingerprint density at radius 3 is 2.42 bits per heavy atom. The van der Waals surface area contributed by atoms with E-state index in [9.17, 15) is 4.21 Å². The highest BCUT2D eigenvalue weighted by atomic mass is 127. The van der Waals surface area contributed by atoms with Crippen LogP contribution in [0, 0.1) is 5.92 Å². The lowest BCUT2D eigenvalue weighted by Gasteiger charge is -2.39. The van der Waals surface area contributed by atoms with Crippen LogP contribution in [-0.4, -0.2) is 45.7 Å². The van der Waals surface area contributed by atoms with Gasteiger partial charge < -0.3 is 10.6 Å². The first-order valence-corrected chi connectivity index (χ1v) is 8.48. The van der Waals surface area contributed by atoms with Crippen molar-refractivity contribution < 1.29 is 4.21 Å². The van der Waals surface area contributed by atoms with Gasteiger partial charge in [0.25, 0.3) is 0 Å². The minimum atomic E-state index is -0.790. The van der Waals surface area contributed by atoms with Gasteiger partial charge in [0.2, 0.25) is 0 Å². The van der Waals surface area contributed by atoms with Gasteiger partial charge in [0.05, 0.1) is 11.3 Å². The average molecular weight is 399 g/mol. The zero-order chi connectivity index (χ0) is 13.2. The summed E-state index contributed by atoms with van der Waals surface area (Å²) in [7, 11) is -0.790. The van der Waals surface area contributed by atoms with Crippen molar-refractivity contribution >= 4 is 40.7 Å². The number of aliphatic imine (C=N–C) groups is 1. The number of nitrogens with zero attached hydrogens (tertiary/aromatic N) is 2. The van der Waals surface area contributed by atoms with Gasteiger partial charge in [-0.2, -0.15) is 0 Å². The van der Waals surface area contributed by atoms with Gasteiger partial charge in [-0.3, -0.25) is 9.20 Å². The first-order valence-electron chi connectivity index (χ1n) is 6.92.